The Morgan fingerprint density at radius 1 is 1.15 bits per heavy atom. The van der Waals surface area contributed by atoms with Crippen molar-refractivity contribution in [3.05, 3.63) is 0 Å². The Morgan fingerprint density at radius 2 is 1.90 bits per heavy atom. The minimum atomic E-state index is -0.958. The van der Waals surface area contributed by atoms with Crippen LogP contribution in [0, 0.1) is 0 Å². The average Bonchev–Trinajstić information content (AvgIpc) is 2.66. The van der Waals surface area contributed by atoms with Gasteiger partial charge in [-0.25, -0.2) is 9.59 Å². The van der Waals surface area contributed by atoms with Crippen molar-refractivity contribution in [2.75, 3.05) is 33.2 Å². The van der Waals surface area contributed by atoms with Crippen LogP contribution < -0.4 is 0 Å². The SMILES string of the molecule is CN1CCN(C(=O)N2CCCCCC2C(=O)O)CC1=O. The number of piperazine rings is 1. The third-order valence-corrected chi connectivity index (χ3v) is 4.01. The first-order chi connectivity index (χ1) is 9.50. The first kappa shape index (κ1) is 14.6. The summed E-state index contributed by atoms with van der Waals surface area (Å²) >= 11 is 0. The van der Waals surface area contributed by atoms with Crippen molar-refractivity contribution in [3.8, 4) is 0 Å². The molecule has 112 valence electrons. The van der Waals surface area contributed by atoms with Crippen molar-refractivity contribution in [2.24, 2.45) is 0 Å². The number of amides is 3. The zero-order chi connectivity index (χ0) is 14.7. The van der Waals surface area contributed by atoms with Gasteiger partial charge < -0.3 is 19.8 Å². The molecule has 1 N–H and O–H groups in total. The maximum absolute atomic E-state index is 12.5. The molecule has 3 amide bonds. The predicted octanol–water partition coefficient (Wildman–Crippen LogP) is 0.210. The highest BCUT2D eigenvalue weighted by atomic mass is 16.4. The molecule has 2 aliphatic rings. The van der Waals surface area contributed by atoms with Gasteiger partial charge in [0.05, 0.1) is 0 Å². The van der Waals surface area contributed by atoms with Crippen LogP contribution in [0.5, 0.6) is 0 Å². The predicted molar refractivity (Wildman–Crippen MR) is 71.2 cm³/mol. The Balaban J connectivity index is 2.09. The van der Waals surface area contributed by atoms with Gasteiger partial charge in [0.15, 0.2) is 0 Å². The molecule has 0 radical (unpaired) electrons. The molecule has 2 fully saturated rings. The van der Waals surface area contributed by atoms with Crippen LogP contribution in [-0.2, 0) is 9.59 Å². The van der Waals surface area contributed by atoms with Crippen LogP contribution in [0.2, 0.25) is 0 Å². The number of nitrogens with zero attached hydrogens (tertiary/aromatic N) is 3. The molecule has 0 aromatic rings. The number of hydrogen-bond acceptors (Lipinski definition) is 3. The van der Waals surface area contributed by atoms with E-state index in [2.05, 4.69) is 0 Å². The van der Waals surface area contributed by atoms with E-state index in [4.69, 9.17) is 0 Å². The van der Waals surface area contributed by atoms with E-state index in [1.165, 1.54) is 9.80 Å². The molecule has 2 aliphatic heterocycles. The molecule has 2 rings (SSSR count). The van der Waals surface area contributed by atoms with Crippen molar-refractivity contribution in [1.29, 1.82) is 0 Å². The van der Waals surface area contributed by atoms with Gasteiger partial charge in [0, 0.05) is 26.7 Å². The molecule has 0 spiro atoms. The molecule has 0 aliphatic carbocycles. The summed E-state index contributed by atoms with van der Waals surface area (Å²) in [6.45, 7) is 1.45. The van der Waals surface area contributed by atoms with Crippen LogP contribution in [0.4, 0.5) is 4.79 Å². The van der Waals surface area contributed by atoms with Crippen molar-refractivity contribution in [3.63, 3.8) is 0 Å². The number of carboxylic acids is 1. The summed E-state index contributed by atoms with van der Waals surface area (Å²) in [5, 5.41) is 9.29. The average molecular weight is 283 g/mol. The second-order valence-electron chi connectivity index (χ2n) is 5.42. The van der Waals surface area contributed by atoms with Gasteiger partial charge in [0.25, 0.3) is 0 Å². The van der Waals surface area contributed by atoms with Crippen molar-refractivity contribution in [2.45, 2.75) is 31.7 Å². The summed E-state index contributed by atoms with van der Waals surface area (Å²) in [5.74, 6) is -1.06. The Morgan fingerprint density at radius 3 is 2.55 bits per heavy atom. The van der Waals surface area contributed by atoms with Gasteiger partial charge in [0.1, 0.15) is 12.6 Å². The monoisotopic (exact) mass is 283 g/mol. The molecule has 2 heterocycles. The number of likely N-dealkylation sites (tertiary alicyclic amines) is 1. The minimum Gasteiger partial charge on any atom is -0.480 e. The van der Waals surface area contributed by atoms with E-state index < -0.39 is 12.0 Å². The first-order valence-electron chi connectivity index (χ1n) is 7.03. The van der Waals surface area contributed by atoms with E-state index in [0.717, 1.165) is 19.3 Å². The van der Waals surface area contributed by atoms with E-state index >= 15 is 0 Å². The number of carbonyl (C=O) groups is 3. The molecule has 1 atom stereocenters. The summed E-state index contributed by atoms with van der Waals surface area (Å²) in [7, 11) is 1.70. The van der Waals surface area contributed by atoms with Crippen LogP contribution in [0.3, 0.4) is 0 Å². The molecule has 20 heavy (non-hydrogen) atoms. The highest BCUT2D eigenvalue weighted by Crippen LogP contribution is 2.19. The van der Waals surface area contributed by atoms with Crippen molar-refractivity contribution < 1.29 is 19.5 Å². The molecule has 0 aromatic heterocycles. The molecule has 0 bridgehead atoms. The first-order valence-corrected chi connectivity index (χ1v) is 7.03. The molecule has 0 aromatic carbocycles. The zero-order valence-electron chi connectivity index (χ0n) is 11.7. The summed E-state index contributed by atoms with van der Waals surface area (Å²) < 4.78 is 0. The summed E-state index contributed by atoms with van der Waals surface area (Å²) in [4.78, 5) is 40.0. The number of likely N-dealkylation sites (N-methyl/N-ethyl adjacent to an activating group) is 1. The molecule has 2 saturated heterocycles. The van der Waals surface area contributed by atoms with Crippen LogP contribution >= 0.6 is 0 Å². The second kappa shape index (κ2) is 6.11. The summed E-state index contributed by atoms with van der Waals surface area (Å²) in [5.41, 5.74) is 0. The van der Waals surface area contributed by atoms with E-state index in [9.17, 15) is 19.5 Å². The Kier molecular flexibility index (Phi) is 4.46. The summed E-state index contributed by atoms with van der Waals surface area (Å²) in [6, 6.07) is -1.08. The van der Waals surface area contributed by atoms with Gasteiger partial charge in [-0.15, -0.1) is 0 Å². The fourth-order valence-corrected chi connectivity index (χ4v) is 2.70. The number of hydrogen-bond donors (Lipinski definition) is 1. The van der Waals surface area contributed by atoms with Crippen molar-refractivity contribution >= 4 is 17.9 Å². The van der Waals surface area contributed by atoms with Crippen LogP contribution in [0.25, 0.3) is 0 Å². The van der Waals surface area contributed by atoms with E-state index in [0.29, 0.717) is 26.1 Å². The zero-order valence-corrected chi connectivity index (χ0v) is 11.7. The lowest BCUT2D eigenvalue weighted by molar-refractivity contribution is -0.142. The van der Waals surface area contributed by atoms with E-state index in [-0.39, 0.29) is 18.5 Å². The van der Waals surface area contributed by atoms with E-state index in [1.54, 1.807) is 11.9 Å². The smallest absolute Gasteiger partial charge is 0.326 e. The number of carbonyl (C=O) groups excluding carboxylic acids is 2. The second-order valence-corrected chi connectivity index (χ2v) is 5.42. The molecule has 7 nitrogen and oxygen atoms in total. The number of carboxylic acid groups (broad SMARTS) is 1. The maximum atomic E-state index is 12.5. The van der Waals surface area contributed by atoms with Gasteiger partial charge in [-0.1, -0.05) is 12.8 Å². The van der Waals surface area contributed by atoms with Crippen LogP contribution in [-0.4, -0.2) is 77.0 Å². The maximum Gasteiger partial charge on any atom is 0.326 e. The third kappa shape index (κ3) is 3.02. The van der Waals surface area contributed by atoms with Gasteiger partial charge >= 0.3 is 12.0 Å². The highest BCUT2D eigenvalue weighted by molar-refractivity contribution is 5.87. The molecular formula is C13H21N3O4. The Hall–Kier alpha value is -1.79. The molecule has 1 unspecified atom stereocenters. The lowest BCUT2D eigenvalue weighted by Gasteiger charge is -2.37. The minimum absolute atomic E-state index is 0.0399. The molecule has 0 saturated carbocycles. The van der Waals surface area contributed by atoms with Gasteiger partial charge in [-0.3, -0.25) is 4.79 Å². The van der Waals surface area contributed by atoms with Gasteiger partial charge in [0.2, 0.25) is 5.91 Å². The lowest BCUT2D eigenvalue weighted by atomic mass is 10.1. The molecule has 7 heteroatoms. The van der Waals surface area contributed by atoms with Gasteiger partial charge in [-0.05, 0) is 12.8 Å². The van der Waals surface area contributed by atoms with Crippen LogP contribution in [0.1, 0.15) is 25.7 Å². The lowest BCUT2D eigenvalue weighted by Crippen LogP contribution is -2.57. The number of aliphatic carboxylic acids is 1. The number of rotatable bonds is 1. The third-order valence-electron chi connectivity index (χ3n) is 4.01. The fraction of sp³-hybridized carbons (Fsp3) is 0.769. The molecular weight excluding hydrogens is 262 g/mol. The van der Waals surface area contributed by atoms with Gasteiger partial charge in [-0.2, -0.15) is 0 Å². The topological polar surface area (TPSA) is 81.2 Å². The Bertz CT molecular complexity index is 412. The Labute approximate surface area is 118 Å². The highest BCUT2D eigenvalue weighted by Gasteiger charge is 2.35. The quantitative estimate of drug-likeness (QED) is 0.746. The summed E-state index contributed by atoms with van der Waals surface area (Å²) in [6.07, 6.45) is 3.07. The largest absolute Gasteiger partial charge is 0.480 e. The fourth-order valence-electron chi connectivity index (χ4n) is 2.70. The standard InChI is InChI=1S/C13H21N3O4/c1-14-7-8-15(9-11(14)17)13(20)16-6-4-2-3-5-10(16)12(18)19/h10H,2-9H2,1H3,(H,18,19). The number of urea groups is 1. The van der Waals surface area contributed by atoms with E-state index in [1.807, 2.05) is 0 Å². The normalized spacial score (nSPS) is 24.6. The van der Waals surface area contributed by atoms with Crippen LogP contribution in [0.15, 0.2) is 0 Å². The van der Waals surface area contributed by atoms with Crippen molar-refractivity contribution in [1.82, 2.24) is 14.7 Å².